The van der Waals surface area contributed by atoms with Crippen molar-refractivity contribution in [3.8, 4) is 0 Å². The third kappa shape index (κ3) is 1.34. The zero-order valence-electron chi connectivity index (χ0n) is 9.16. The Balaban J connectivity index is 1.37. The van der Waals surface area contributed by atoms with Gasteiger partial charge in [-0.25, -0.2) is 0 Å². The van der Waals surface area contributed by atoms with Crippen molar-refractivity contribution >= 4 is 15.9 Å². The summed E-state index contributed by atoms with van der Waals surface area (Å²) in [4.78, 5) is 0. The number of hydrogen-bond acceptors (Lipinski definition) is 2. The van der Waals surface area contributed by atoms with Gasteiger partial charge in [0.2, 0.25) is 0 Å². The van der Waals surface area contributed by atoms with Crippen LogP contribution in [-0.4, -0.2) is 6.04 Å². The molecule has 4 unspecified atom stereocenters. The monoisotopic (exact) mass is 281 g/mol. The molecule has 0 spiro atoms. The molecule has 0 aliphatic heterocycles. The lowest BCUT2D eigenvalue weighted by Crippen LogP contribution is -2.22. The zero-order valence-corrected chi connectivity index (χ0v) is 10.7. The Hall–Kier alpha value is -0.280. The molecule has 0 saturated heterocycles. The zero-order chi connectivity index (χ0) is 10.7. The molecule has 3 aliphatic rings. The average molecular weight is 282 g/mol. The summed E-state index contributed by atoms with van der Waals surface area (Å²) in [5.41, 5.74) is 0. The molecule has 1 N–H and O–H groups in total. The van der Waals surface area contributed by atoms with Crippen molar-refractivity contribution in [2.75, 3.05) is 0 Å². The van der Waals surface area contributed by atoms with Crippen LogP contribution in [0.25, 0.3) is 0 Å². The Bertz CT molecular complexity index is 400. The Morgan fingerprint density at radius 3 is 2.62 bits per heavy atom. The minimum Gasteiger partial charge on any atom is -0.453 e. The second kappa shape index (κ2) is 3.36. The van der Waals surface area contributed by atoms with Crippen LogP contribution in [0.4, 0.5) is 0 Å². The van der Waals surface area contributed by atoms with E-state index in [1.807, 2.05) is 12.1 Å². The van der Waals surface area contributed by atoms with Gasteiger partial charge >= 0.3 is 0 Å². The maximum Gasteiger partial charge on any atom is 0.169 e. The smallest absolute Gasteiger partial charge is 0.169 e. The van der Waals surface area contributed by atoms with E-state index in [-0.39, 0.29) is 0 Å². The van der Waals surface area contributed by atoms with Crippen LogP contribution in [-0.2, 0) is 6.54 Å². The van der Waals surface area contributed by atoms with E-state index in [0.717, 1.165) is 46.7 Å². The van der Waals surface area contributed by atoms with E-state index < -0.39 is 0 Å². The summed E-state index contributed by atoms with van der Waals surface area (Å²) < 4.78 is 6.34. The molecular weight excluding hydrogens is 266 g/mol. The van der Waals surface area contributed by atoms with Gasteiger partial charge in [0.1, 0.15) is 5.76 Å². The fourth-order valence-electron chi connectivity index (χ4n) is 4.26. The Kier molecular flexibility index (Phi) is 2.04. The average Bonchev–Trinajstić information content (AvgIpc) is 2.70. The highest BCUT2D eigenvalue weighted by Crippen LogP contribution is 2.65. The molecule has 1 aromatic rings. The Morgan fingerprint density at radius 1 is 1.25 bits per heavy atom. The molecular formula is C13H16BrNO. The molecule has 2 bridgehead atoms. The quantitative estimate of drug-likeness (QED) is 0.921. The highest BCUT2D eigenvalue weighted by atomic mass is 79.9. The van der Waals surface area contributed by atoms with E-state index in [0.29, 0.717) is 0 Å². The predicted molar refractivity (Wildman–Crippen MR) is 64.8 cm³/mol. The van der Waals surface area contributed by atoms with Crippen LogP contribution in [0.1, 0.15) is 25.0 Å². The lowest BCUT2D eigenvalue weighted by atomic mass is 10.0. The van der Waals surface area contributed by atoms with Crippen molar-refractivity contribution in [3.05, 3.63) is 22.6 Å². The summed E-state index contributed by atoms with van der Waals surface area (Å²) in [6, 6.07) is 4.81. The molecule has 4 rings (SSSR count). The van der Waals surface area contributed by atoms with Gasteiger partial charge in [-0.1, -0.05) is 0 Å². The van der Waals surface area contributed by atoms with E-state index in [9.17, 15) is 0 Å². The van der Waals surface area contributed by atoms with E-state index in [4.69, 9.17) is 4.42 Å². The minimum atomic E-state index is 0.801. The van der Waals surface area contributed by atoms with Crippen LogP contribution in [0.2, 0.25) is 0 Å². The molecule has 2 nitrogen and oxygen atoms in total. The van der Waals surface area contributed by atoms with Gasteiger partial charge in [0.25, 0.3) is 0 Å². The van der Waals surface area contributed by atoms with Gasteiger partial charge in [-0.15, -0.1) is 0 Å². The highest BCUT2D eigenvalue weighted by Gasteiger charge is 2.64. The normalized spacial score (nSPS) is 43.7. The van der Waals surface area contributed by atoms with E-state index in [2.05, 4.69) is 21.2 Å². The first-order chi connectivity index (χ1) is 7.83. The number of halogens is 1. The fourth-order valence-corrected chi connectivity index (χ4v) is 4.60. The minimum absolute atomic E-state index is 0.801. The molecule has 16 heavy (non-hydrogen) atoms. The number of furan rings is 1. The number of hydrogen-bond donors (Lipinski definition) is 1. The molecule has 3 aliphatic carbocycles. The second-order valence-electron chi connectivity index (χ2n) is 5.60. The summed E-state index contributed by atoms with van der Waals surface area (Å²) >= 11 is 3.34. The van der Waals surface area contributed by atoms with E-state index in [1.54, 1.807) is 0 Å². The van der Waals surface area contributed by atoms with Gasteiger partial charge in [0, 0.05) is 6.04 Å². The lowest BCUT2D eigenvalue weighted by Gasteiger charge is -2.09. The number of rotatable bonds is 3. The van der Waals surface area contributed by atoms with Crippen molar-refractivity contribution in [2.45, 2.75) is 31.8 Å². The first-order valence-electron chi connectivity index (χ1n) is 6.30. The Morgan fingerprint density at radius 2 is 2.00 bits per heavy atom. The third-order valence-electron chi connectivity index (χ3n) is 4.88. The fraction of sp³-hybridized carbons (Fsp3) is 0.692. The molecule has 4 atom stereocenters. The molecule has 1 heterocycles. The molecule has 1 aromatic heterocycles. The van der Waals surface area contributed by atoms with Gasteiger partial charge in [0.05, 0.1) is 6.54 Å². The number of fused-ring (bicyclic) bond motifs is 5. The summed E-state index contributed by atoms with van der Waals surface area (Å²) in [6.45, 7) is 0.892. The lowest BCUT2D eigenvalue weighted by molar-refractivity contribution is 0.424. The maximum atomic E-state index is 5.51. The maximum absolute atomic E-state index is 5.51. The van der Waals surface area contributed by atoms with E-state index >= 15 is 0 Å². The van der Waals surface area contributed by atoms with E-state index in [1.165, 1.54) is 19.3 Å². The van der Waals surface area contributed by atoms with Crippen LogP contribution < -0.4 is 5.32 Å². The summed E-state index contributed by atoms with van der Waals surface area (Å²) in [6.07, 6.45) is 4.52. The van der Waals surface area contributed by atoms with Crippen molar-refractivity contribution in [1.82, 2.24) is 5.32 Å². The molecule has 0 amide bonds. The topological polar surface area (TPSA) is 25.2 Å². The number of nitrogens with one attached hydrogen (secondary N) is 1. The van der Waals surface area contributed by atoms with Gasteiger partial charge in [-0.3, -0.25) is 0 Å². The van der Waals surface area contributed by atoms with Gasteiger partial charge < -0.3 is 9.73 Å². The molecule has 3 fully saturated rings. The molecule has 3 heteroatoms. The van der Waals surface area contributed by atoms with Crippen LogP contribution in [0.5, 0.6) is 0 Å². The summed E-state index contributed by atoms with van der Waals surface area (Å²) in [5.74, 6) is 5.17. The van der Waals surface area contributed by atoms with Crippen molar-refractivity contribution < 1.29 is 4.42 Å². The largest absolute Gasteiger partial charge is 0.453 e. The molecule has 86 valence electrons. The summed E-state index contributed by atoms with van der Waals surface area (Å²) in [7, 11) is 0. The first-order valence-corrected chi connectivity index (χ1v) is 7.10. The first kappa shape index (κ1) is 9.72. The SMILES string of the molecule is Brc1ccc(CNC2C3C4CCC(C4)C23)o1. The third-order valence-corrected chi connectivity index (χ3v) is 5.30. The predicted octanol–water partition coefficient (Wildman–Crippen LogP) is 3.18. The standard InChI is InChI=1S/C13H16BrNO/c14-10-4-3-9(16-10)6-15-13-11-7-1-2-8(5-7)12(11)13/h3-4,7-8,11-13,15H,1-2,5-6H2. The van der Waals surface area contributed by atoms with Gasteiger partial charge in [-0.05, 0) is 71.0 Å². The van der Waals surface area contributed by atoms with Crippen molar-refractivity contribution in [3.63, 3.8) is 0 Å². The van der Waals surface area contributed by atoms with Crippen LogP contribution >= 0.6 is 15.9 Å². The van der Waals surface area contributed by atoms with Crippen molar-refractivity contribution in [2.24, 2.45) is 23.7 Å². The Labute approximate surface area is 104 Å². The van der Waals surface area contributed by atoms with Crippen LogP contribution in [0.3, 0.4) is 0 Å². The van der Waals surface area contributed by atoms with Crippen LogP contribution in [0.15, 0.2) is 21.2 Å². The van der Waals surface area contributed by atoms with Gasteiger partial charge in [0.15, 0.2) is 4.67 Å². The highest BCUT2D eigenvalue weighted by molar-refractivity contribution is 9.10. The summed E-state index contributed by atoms with van der Waals surface area (Å²) in [5, 5.41) is 3.67. The van der Waals surface area contributed by atoms with Crippen LogP contribution in [0, 0.1) is 23.7 Å². The van der Waals surface area contributed by atoms with Crippen molar-refractivity contribution in [1.29, 1.82) is 0 Å². The molecule has 0 radical (unpaired) electrons. The van der Waals surface area contributed by atoms with Gasteiger partial charge in [-0.2, -0.15) is 0 Å². The second-order valence-corrected chi connectivity index (χ2v) is 6.38. The molecule has 3 saturated carbocycles. The molecule has 0 aromatic carbocycles.